The number of methoxy groups -OCH3 is 1. The highest BCUT2D eigenvalue weighted by Gasteiger charge is 2.35. The van der Waals surface area contributed by atoms with E-state index in [0.717, 1.165) is 40.8 Å². The van der Waals surface area contributed by atoms with Gasteiger partial charge in [0.1, 0.15) is 11.4 Å². The minimum absolute atomic E-state index is 0.147. The molecule has 0 aliphatic heterocycles. The molecule has 2 aromatic carbocycles. The van der Waals surface area contributed by atoms with E-state index < -0.39 is 5.60 Å². The van der Waals surface area contributed by atoms with Crippen LogP contribution in [0, 0.1) is 13.8 Å². The normalized spacial score (nSPS) is 19.2. The summed E-state index contributed by atoms with van der Waals surface area (Å²) in [5, 5.41) is 14.1. The molecule has 0 saturated carbocycles. The second kappa shape index (κ2) is 6.89. The second-order valence-electron chi connectivity index (χ2n) is 6.91. The lowest BCUT2D eigenvalue weighted by atomic mass is 9.79. The summed E-state index contributed by atoms with van der Waals surface area (Å²) >= 11 is 0. The molecule has 1 unspecified atom stereocenters. The van der Waals surface area contributed by atoms with E-state index in [2.05, 4.69) is 5.32 Å². The second-order valence-corrected chi connectivity index (χ2v) is 6.91. The van der Waals surface area contributed by atoms with Crippen molar-refractivity contribution in [2.45, 2.75) is 38.7 Å². The Morgan fingerprint density at radius 3 is 2.76 bits per heavy atom. The van der Waals surface area contributed by atoms with Crippen molar-refractivity contribution in [1.29, 1.82) is 0 Å². The van der Waals surface area contributed by atoms with Crippen LogP contribution in [-0.2, 0) is 12.0 Å². The lowest BCUT2D eigenvalue weighted by Crippen LogP contribution is -2.43. The van der Waals surface area contributed by atoms with Gasteiger partial charge in [-0.25, -0.2) is 0 Å². The molecule has 0 fully saturated rings. The zero-order valence-electron chi connectivity index (χ0n) is 15.1. The van der Waals surface area contributed by atoms with Gasteiger partial charge in [0.25, 0.3) is 5.91 Å². The molecule has 1 aliphatic rings. The fourth-order valence-corrected chi connectivity index (χ4v) is 3.64. The first kappa shape index (κ1) is 17.5. The molecule has 0 radical (unpaired) electrons. The Balaban J connectivity index is 1.78. The minimum Gasteiger partial charge on any atom is -0.497 e. The van der Waals surface area contributed by atoms with Crippen LogP contribution >= 0.6 is 0 Å². The van der Waals surface area contributed by atoms with Gasteiger partial charge in [0.15, 0.2) is 0 Å². The van der Waals surface area contributed by atoms with Gasteiger partial charge in [0, 0.05) is 5.56 Å². The Kier molecular flexibility index (Phi) is 4.82. The number of carbonyl (C=O) groups is 1. The first-order valence-electron chi connectivity index (χ1n) is 8.68. The molecule has 0 bridgehead atoms. The number of benzene rings is 2. The van der Waals surface area contributed by atoms with Crippen LogP contribution in [0.15, 0.2) is 36.4 Å². The van der Waals surface area contributed by atoms with Crippen LogP contribution in [0.25, 0.3) is 0 Å². The number of carbonyl (C=O) groups excluding carboxylic acids is 1. The summed E-state index contributed by atoms with van der Waals surface area (Å²) in [5.74, 6) is 0.647. The average Bonchev–Trinajstić information content (AvgIpc) is 2.59. The number of nitrogens with one attached hydrogen (secondary N) is 1. The molecule has 2 aromatic rings. The summed E-state index contributed by atoms with van der Waals surface area (Å²) in [6.07, 6.45) is 2.44. The van der Waals surface area contributed by atoms with E-state index in [9.17, 15) is 9.90 Å². The monoisotopic (exact) mass is 339 g/mol. The summed E-state index contributed by atoms with van der Waals surface area (Å²) < 4.78 is 5.28. The first-order chi connectivity index (χ1) is 11.9. The molecule has 25 heavy (non-hydrogen) atoms. The predicted molar refractivity (Wildman–Crippen MR) is 98.1 cm³/mol. The molecule has 0 spiro atoms. The Hall–Kier alpha value is -2.33. The van der Waals surface area contributed by atoms with Crippen molar-refractivity contribution in [3.05, 3.63) is 64.2 Å². The first-order valence-corrected chi connectivity index (χ1v) is 8.68. The lowest BCUT2D eigenvalue weighted by molar-refractivity contribution is 0.0189. The SMILES string of the molecule is COc1ccc2c(c1)CCCC2(O)CNC(=O)c1ccc(C)cc1C. The molecule has 4 heteroatoms. The Bertz CT molecular complexity index is 800. The molecular weight excluding hydrogens is 314 g/mol. The number of fused-ring (bicyclic) bond motifs is 1. The molecule has 1 atom stereocenters. The van der Waals surface area contributed by atoms with Gasteiger partial charge in [-0.1, -0.05) is 23.8 Å². The molecule has 1 aliphatic carbocycles. The van der Waals surface area contributed by atoms with Crippen molar-refractivity contribution in [2.24, 2.45) is 0 Å². The van der Waals surface area contributed by atoms with Crippen LogP contribution in [0.1, 0.15) is 45.5 Å². The molecule has 3 rings (SSSR count). The zero-order chi connectivity index (χ0) is 18.0. The largest absolute Gasteiger partial charge is 0.497 e. The summed E-state index contributed by atoms with van der Waals surface area (Å²) in [6, 6.07) is 11.5. The van der Waals surface area contributed by atoms with E-state index >= 15 is 0 Å². The van der Waals surface area contributed by atoms with Crippen molar-refractivity contribution < 1.29 is 14.6 Å². The third-order valence-electron chi connectivity index (χ3n) is 5.02. The fraction of sp³-hybridized carbons (Fsp3) is 0.381. The van der Waals surface area contributed by atoms with Gasteiger partial charge in [-0.05, 0) is 68.0 Å². The van der Waals surface area contributed by atoms with Gasteiger partial charge in [-0.3, -0.25) is 4.79 Å². The van der Waals surface area contributed by atoms with Crippen LogP contribution in [0.4, 0.5) is 0 Å². The highest BCUT2D eigenvalue weighted by atomic mass is 16.5. The molecular formula is C21H25NO3. The van der Waals surface area contributed by atoms with Crippen LogP contribution in [0.5, 0.6) is 5.75 Å². The fourth-order valence-electron chi connectivity index (χ4n) is 3.64. The van der Waals surface area contributed by atoms with Crippen molar-refractivity contribution >= 4 is 5.91 Å². The standard InChI is InChI=1S/C21H25NO3/c1-14-6-8-18(15(2)11-14)20(23)22-13-21(24)10-4-5-16-12-17(25-3)7-9-19(16)21/h6-9,11-12,24H,4-5,10,13H2,1-3H3,(H,22,23). The number of aliphatic hydroxyl groups is 1. The van der Waals surface area contributed by atoms with Crippen molar-refractivity contribution in [2.75, 3.05) is 13.7 Å². The summed E-state index contributed by atoms with van der Waals surface area (Å²) in [5.41, 5.74) is 3.67. The van der Waals surface area contributed by atoms with Gasteiger partial charge in [-0.2, -0.15) is 0 Å². The molecule has 0 aromatic heterocycles. The number of aryl methyl sites for hydroxylation is 3. The van der Waals surface area contributed by atoms with E-state index in [0.29, 0.717) is 12.0 Å². The third-order valence-corrected chi connectivity index (χ3v) is 5.02. The molecule has 2 N–H and O–H groups in total. The number of amides is 1. The van der Waals surface area contributed by atoms with E-state index in [1.54, 1.807) is 7.11 Å². The minimum atomic E-state index is -1.03. The van der Waals surface area contributed by atoms with E-state index in [-0.39, 0.29) is 12.5 Å². The van der Waals surface area contributed by atoms with Crippen LogP contribution in [-0.4, -0.2) is 24.7 Å². The van der Waals surface area contributed by atoms with Gasteiger partial charge in [-0.15, -0.1) is 0 Å². The number of hydrogen-bond acceptors (Lipinski definition) is 3. The molecule has 4 nitrogen and oxygen atoms in total. The van der Waals surface area contributed by atoms with Crippen molar-refractivity contribution in [3.63, 3.8) is 0 Å². The number of ether oxygens (including phenoxy) is 1. The molecule has 1 amide bonds. The maximum atomic E-state index is 12.5. The van der Waals surface area contributed by atoms with Crippen molar-refractivity contribution in [1.82, 2.24) is 5.32 Å². The Labute approximate surface area is 148 Å². The van der Waals surface area contributed by atoms with Gasteiger partial charge in [0.05, 0.1) is 13.7 Å². The van der Waals surface area contributed by atoms with Gasteiger partial charge < -0.3 is 15.2 Å². The summed E-state index contributed by atoms with van der Waals surface area (Å²) in [6.45, 7) is 4.14. The molecule has 132 valence electrons. The van der Waals surface area contributed by atoms with Crippen LogP contribution in [0.2, 0.25) is 0 Å². The van der Waals surface area contributed by atoms with E-state index in [1.807, 2.05) is 50.2 Å². The molecule has 0 saturated heterocycles. The van der Waals surface area contributed by atoms with Crippen LogP contribution < -0.4 is 10.1 Å². The zero-order valence-corrected chi connectivity index (χ0v) is 15.1. The highest BCUT2D eigenvalue weighted by molar-refractivity contribution is 5.95. The van der Waals surface area contributed by atoms with Crippen LogP contribution in [0.3, 0.4) is 0 Å². The smallest absolute Gasteiger partial charge is 0.251 e. The maximum absolute atomic E-state index is 12.5. The predicted octanol–water partition coefficient (Wildman–Crippen LogP) is 3.27. The van der Waals surface area contributed by atoms with Gasteiger partial charge >= 0.3 is 0 Å². The Morgan fingerprint density at radius 2 is 2.04 bits per heavy atom. The highest BCUT2D eigenvalue weighted by Crippen LogP contribution is 2.36. The molecule has 0 heterocycles. The van der Waals surface area contributed by atoms with Gasteiger partial charge in [0.2, 0.25) is 0 Å². The lowest BCUT2D eigenvalue weighted by Gasteiger charge is -2.35. The summed E-state index contributed by atoms with van der Waals surface area (Å²) in [4.78, 5) is 12.5. The topological polar surface area (TPSA) is 58.6 Å². The number of rotatable bonds is 4. The Morgan fingerprint density at radius 1 is 1.24 bits per heavy atom. The number of hydrogen-bond donors (Lipinski definition) is 2. The quantitative estimate of drug-likeness (QED) is 0.899. The average molecular weight is 339 g/mol. The van der Waals surface area contributed by atoms with Crippen molar-refractivity contribution in [3.8, 4) is 5.75 Å². The summed E-state index contributed by atoms with van der Waals surface area (Å²) in [7, 11) is 1.64. The van der Waals surface area contributed by atoms with E-state index in [4.69, 9.17) is 4.74 Å². The third kappa shape index (κ3) is 3.54. The van der Waals surface area contributed by atoms with E-state index in [1.165, 1.54) is 0 Å². The maximum Gasteiger partial charge on any atom is 0.251 e.